The Kier molecular flexibility index (Phi) is 3.86. The van der Waals surface area contributed by atoms with E-state index in [4.69, 9.17) is 11.7 Å². The minimum Gasteiger partial charge on any atom is -0.299 e. The number of anilines is 2. The fraction of sp³-hybridized carbons (Fsp3) is 0.296. The first-order valence-corrected chi connectivity index (χ1v) is 12.0. The van der Waals surface area contributed by atoms with Gasteiger partial charge in [-0.2, -0.15) is 5.10 Å². The normalized spacial score (nSPS) is 19.9. The summed E-state index contributed by atoms with van der Waals surface area (Å²) in [6, 6.07) is 17.7. The van der Waals surface area contributed by atoms with Crippen LogP contribution in [0.3, 0.4) is 0 Å². The van der Waals surface area contributed by atoms with E-state index in [0.29, 0.717) is 0 Å². The molecule has 0 amide bonds. The van der Waals surface area contributed by atoms with E-state index in [1.807, 2.05) is 11.3 Å². The molecule has 0 saturated carbocycles. The Balaban J connectivity index is 1.72. The summed E-state index contributed by atoms with van der Waals surface area (Å²) in [5.41, 5.74) is 8.73. The maximum absolute atomic E-state index is 5.35. The Morgan fingerprint density at radius 2 is 1.65 bits per heavy atom. The predicted octanol–water partition coefficient (Wildman–Crippen LogP) is 7.19. The molecule has 0 saturated heterocycles. The van der Waals surface area contributed by atoms with Gasteiger partial charge in [0.25, 0.3) is 0 Å². The van der Waals surface area contributed by atoms with E-state index >= 15 is 0 Å². The van der Waals surface area contributed by atoms with Gasteiger partial charge in [-0.25, -0.2) is 5.01 Å². The van der Waals surface area contributed by atoms with Crippen molar-refractivity contribution in [3.05, 3.63) is 76.0 Å². The maximum Gasteiger partial charge on any atom is 0.163 e. The molecule has 2 aromatic carbocycles. The maximum atomic E-state index is 5.35. The number of aryl methyl sites for hydroxylation is 2. The van der Waals surface area contributed by atoms with Crippen molar-refractivity contribution in [3.63, 3.8) is 0 Å². The Labute approximate surface area is 188 Å². The summed E-state index contributed by atoms with van der Waals surface area (Å²) in [6.07, 6.45) is 2.15. The molecule has 0 fully saturated rings. The highest BCUT2D eigenvalue weighted by Crippen LogP contribution is 2.60. The van der Waals surface area contributed by atoms with E-state index in [-0.39, 0.29) is 11.6 Å². The lowest BCUT2D eigenvalue weighted by Crippen LogP contribution is -2.57. The first-order chi connectivity index (χ1) is 15.0. The zero-order valence-corrected chi connectivity index (χ0v) is 19.4. The van der Waals surface area contributed by atoms with Crippen LogP contribution in [0.15, 0.2) is 60.2 Å². The van der Waals surface area contributed by atoms with Crippen molar-refractivity contribution in [2.24, 2.45) is 10.5 Å². The van der Waals surface area contributed by atoms with Gasteiger partial charge in [0.05, 0.1) is 11.4 Å². The zero-order chi connectivity index (χ0) is 21.5. The first-order valence-electron chi connectivity index (χ1n) is 11.2. The van der Waals surface area contributed by atoms with Crippen LogP contribution < -0.4 is 9.91 Å². The van der Waals surface area contributed by atoms with Gasteiger partial charge in [0.1, 0.15) is 6.17 Å². The standard InChI is InChI=1S/C27H27N3S/c1-6-27(7-2)17(4)19-13-10-14-21-20-11-8-9-12-22(20)25-28-30(26(27)29(25)24(19)21)23-15-16(3)31-18(23)5/h8-15,26H,4,6-7H2,1-3,5H3. The van der Waals surface area contributed by atoms with Crippen LogP contribution in [0.1, 0.15) is 47.6 Å². The molecule has 0 aliphatic carbocycles. The molecule has 4 heteroatoms. The van der Waals surface area contributed by atoms with Gasteiger partial charge >= 0.3 is 0 Å². The summed E-state index contributed by atoms with van der Waals surface area (Å²) >= 11 is 1.85. The van der Waals surface area contributed by atoms with Gasteiger partial charge in [-0.1, -0.05) is 62.9 Å². The number of nitrogens with zero attached hydrogens (tertiary/aromatic N) is 3. The SMILES string of the molecule is C=C1c2cccc3c2N2C(=NN(c4cc(C)sc4C)C2C1(CC)CC)c1ccccc1-3. The van der Waals surface area contributed by atoms with Crippen LogP contribution in [0.2, 0.25) is 0 Å². The number of hydrogen-bond acceptors (Lipinski definition) is 4. The van der Waals surface area contributed by atoms with E-state index in [0.717, 1.165) is 18.7 Å². The Morgan fingerprint density at radius 1 is 0.968 bits per heavy atom. The molecule has 4 heterocycles. The van der Waals surface area contributed by atoms with Crippen LogP contribution in [0.4, 0.5) is 11.4 Å². The van der Waals surface area contributed by atoms with Gasteiger partial charge in [0.15, 0.2) is 5.84 Å². The molecular formula is C27H27N3S. The summed E-state index contributed by atoms with van der Waals surface area (Å²) in [5.74, 6) is 1.07. The average molecular weight is 426 g/mol. The van der Waals surface area contributed by atoms with Crippen LogP contribution in [-0.4, -0.2) is 12.0 Å². The van der Waals surface area contributed by atoms with Crippen LogP contribution in [-0.2, 0) is 0 Å². The van der Waals surface area contributed by atoms with Crippen molar-refractivity contribution < 1.29 is 0 Å². The molecule has 0 N–H and O–H groups in total. The highest BCUT2D eigenvalue weighted by molar-refractivity contribution is 7.12. The average Bonchev–Trinajstić information content (AvgIpc) is 3.34. The summed E-state index contributed by atoms with van der Waals surface area (Å²) in [6.45, 7) is 13.7. The summed E-state index contributed by atoms with van der Waals surface area (Å²) in [4.78, 5) is 5.18. The number of thiophene rings is 1. The predicted molar refractivity (Wildman–Crippen MR) is 133 cm³/mol. The van der Waals surface area contributed by atoms with Gasteiger partial charge in [-0.15, -0.1) is 11.3 Å². The van der Waals surface area contributed by atoms with E-state index < -0.39 is 0 Å². The lowest BCUT2D eigenvalue weighted by molar-refractivity contribution is 0.289. The fourth-order valence-electron chi connectivity index (χ4n) is 6.00. The summed E-state index contributed by atoms with van der Waals surface area (Å²) in [7, 11) is 0. The van der Waals surface area contributed by atoms with Gasteiger partial charge in [0, 0.05) is 31.9 Å². The monoisotopic (exact) mass is 425 g/mol. The number of benzene rings is 2. The molecule has 3 aliphatic rings. The molecule has 1 atom stereocenters. The van der Waals surface area contributed by atoms with E-state index in [2.05, 4.69) is 86.1 Å². The van der Waals surface area contributed by atoms with Crippen molar-refractivity contribution in [2.75, 3.05) is 9.91 Å². The van der Waals surface area contributed by atoms with Crippen molar-refractivity contribution in [1.29, 1.82) is 0 Å². The second kappa shape index (κ2) is 6.33. The van der Waals surface area contributed by atoms with Crippen LogP contribution >= 0.6 is 11.3 Å². The number of hydrazone groups is 1. The molecule has 0 spiro atoms. The molecule has 3 aliphatic heterocycles. The van der Waals surface area contributed by atoms with Gasteiger partial charge in [-0.3, -0.25) is 4.90 Å². The molecular weight excluding hydrogens is 398 g/mol. The lowest BCUT2D eigenvalue weighted by atomic mass is 9.66. The van der Waals surface area contributed by atoms with Crippen molar-refractivity contribution in [2.45, 2.75) is 46.7 Å². The van der Waals surface area contributed by atoms with Crippen molar-refractivity contribution in [1.82, 2.24) is 0 Å². The van der Waals surface area contributed by atoms with Crippen LogP contribution in [0.5, 0.6) is 0 Å². The van der Waals surface area contributed by atoms with Crippen molar-refractivity contribution >= 4 is 34.1 Å². The second-order valence-corrected chi connectivity index (χ2v) is 10.4. The molecule has 0 radical (unpaired) electrons. The Bertz CT molecular complexity index is 1280. The third-order valence-electron chi connectivity index (χ3n) is 7.59. The second-order valence-electron chi connectivity index (χ2n) is 8.90. The van der Waals surface area contributed by atoms with E-state index in [1.165, 1.54) is 49.0 Å². The van der Waals surface area contributed by atoms with Crippen molar-refractivity contribution in [3.8, 4) is 11.1 Å². The van der Waals surface area contributed by atoms with E-state index in [1.54, 1.807) is 0 Å². The number of fused-ring (bicyclic) bond motifs is 3. The molecule has 31 heavy (non-hydrogen) atoms. The van der Waals surface area contributed by atoms with Crippen LogP contribution in [0.25, 0.3) is 16.7 Å². The highest BCUT2D eigenvalue weighted by atomic mass is 32.1. The minimum absolute atomic E-state index is 0.0779. The quantitative estimate of drug-likeness (QED) is 0.442. The third kappa shape index (κ3) is 2.21. The molecule has 156 valence electrons. The molecule has 1 aromatic heterocycles. The first kappa shape index (κ1) is 18.9. The van der Waals surface area contributed by atoms with Crippen LogP contribution in [0, 0.1) is 19.3 Å². The van der Waals surface area contributed by atoms with Gasteiger partial charge in [0.2, 0.25) is 0 Å². The highest BCUT2D eigenvalue weighted by Gasteiger charge is 2.56. The molecule has 0 bridgehead atoms. The molecule has 6 rings (SSSR count). The third-order valence-corrected chi connectivity index (χ3v) is 8.54. The lowest BCUT2D eigenvalue weighted by Gasteiger charge is -2.52. The Hall–Kier alpha value is -2.85. The molecule has 3 nitrogen and oxygen atoms in total. The minimum atomic E-state index is -0.0779. The van der Waals surface area contributed by atoms with Gasteiger partial charge < -0.3 is 0 Å². The largest absolute Gasteiger partial charge is 0.299 e. The molecule has 3 aromatic rings. The fourth-order valence-corrected chi connectivity index (χ4v) is 6.91. The summed E-state index contributed by atoms with van der Waals surface area (Å²) in [5, 5.41) is 7.66. The number of rotatable bonds is 3. The number of para-hydroxylation sites is 1. The van der Waals surface area contributed by atoms with Gasteiger partial charge in [-0.05, 0) is 43.9 Å². The smallest absolute Gasteiger partial charge is 0.163 e. The Morgan fingerprint density at radius 3 is 2.32 bits per heavy atom. The summed E-state index contributed by atoms with van der Waals surface area (Å²) < 4.78 is 0. The zero-order valence-electron chi connectivity index (χ0n) is 18.6. The molecule has 1 unspecified atom stereocenters. The van der Waals surface area contributed by atoms with E-state index in [9.17, 15) is 0 Å². The number of amidine groups is 1. The number of hydrogen-bond donors (Lipinski definition) is 0. The topological polar surface area (TPSA) is 18.8 Å².